The van der Waals surface area contributed by atoms with Gasteiger partial charge in [0.2, 0.25) is 0 Å². The lowest BCUT2D eigenvalue weighted by atomic mass is 9.88. The van der Waals surface area contributed by atoms with Gasteiger partial charge in [-0.1, -0.05) is 12.1 Å². The number of ether oxygens (including phenoxy) is 1. The minimum atomic E-state index is -2.54. The van der Waals surface area contributed by atoms with Crippen molar-refractivity contribution in [3.05, 3.63) is 29.8 Å². The SMILES string of the molecule is FC(F)COc1cccc(CNC2CC(F)(F)C2)c1. The lowest BCUT2D eigenvalue weighted by Gasteiger charge is -2.35. The molecule has 0 aromatic heterocycles. The van der Waals surface area contributed by atoms with E-state index in [0.29, 0.717) is 12.3 Å². The van der Waals surface area contributed by atoms with E-state index in [4.69, 9.17) is 4.74 Å². The minimum Gasteiger partial charge on any atom is -0.488 e. The molecule has 1 aliphatic carbocycles. The summed E-state index contributed by atoms with van der Waals surface area (Å²) < 4.78 is 54.1. The monoisotopic (exact) mass is 277 g/mol. The highest BCUT2D eigenvalue weighted by Crippen LogP contribution is 2.37. The van der Waals surface area contributed by atoms with Crippen molar-refractivity contribution in [3.63, 3.8) is 0 Å². The Hall–Kier alpha value is -1.30. The summed E-state index contributed by atoms with van der Waals surface area (Å²) in [6.07, 6.45) is -2.80. The zero-order valence-electron chi connectivity index (χ0n) is 10.2. The van der Waals surface area contributed by atoms with Gasteiger partial charge in [0.1, 0.15) is 12.4 Å². The number of halogens is 4. The van der Waals surface area contributed by atoms with E-state index in [1.54, 1.807) is 24.3 Å². The van der Waals surface area contributed by atoms with Gasteiger partial charge < -0.3 is 10.1 Å². The molecule has 0 bridgehead atoms. The maximum Gasteiger partial charge on any atom is 0.272 e. The van der Waals surface area contributed by atoms with Gasteiger partial charge in [0, 0.05) is 25.4 Å². The molecular weight excluding hydrogens is 262 g/mol. The van der Waals surface area contributed by atoms with E-state index in [-0.39, 0.29) is 18.9 Å². The van der Waals surface area contributed by atoms with Gasteiger partial charge in [-0.2, -0.15) is 0 Å². The predicted molar refractivity (Wildman–Crippen MR) is 62.7 cm³/mol. The van der Waals surface area contributed by atoms with Crippen molar-refractivity contribution in [1.29, 1.82) is 0 Å². The first-order valence-corrected chi connectivity index (χ1v) is 6.06. The minimum absolute atomic E-state index is 0.144. The van der Waals surface area contributed by atoms with Crippen molar-refractivity contribution in [2.24, 2.45) is 0 Å². The molecule has 1 aromatic carbocycles. The summed E-state index contributed by atoms with van der Waals surface area (Å²) in [5, 5.41) is 3.00. The van der Waals surface area contributed by atoms with Crippen LogP contribution in [0.15, 0.2) is 24.3 Å². The molecule has 0 aliphatic heterocycles. The highest BCUT2D eigenvalue weighted by atomic mass is 19.3. The molecular formula is C13H15F4NO. The average molecular weight is 277 g/mol. The molecule has 0 amide bonds. The summed E-state index contributed by atoms with van der Waals surface area (Å²) in [5.41, 5.74) is 0.821. The molecule has 2 rings (SSSR count). The van der Waals surface area contributed by atoms with Crippen LogP contribution in [0.3, 0.4) is 0 Å². The fraction of sp³-hybridized carbons (Fsp3) is 0.538. The fourth-order valence-corrected chi connectivity index (χ4v) is 1.97. The summed E-state index contributed by atoms with van der Waals surface area (Å²) in [7, 11) is 0. The van der Waals surface area contributed by atoms with Gasteiger partial charge in [-0.15, -0.1) is 0 Å². The van der Waals surface area contributed by atoms with E-state index in [1.807, 2.05) is 0 Å². The lowest BCUT2D eigenvalue weighted by Crippen LogP contribution is -2.48. The predicted octanol–water partition coefficient (Wildman–Crippen LogP) is 3.22. The van der Waals surface area contributed by atoms with Gasteiger partial charge in [-0.25, -0.2) is 17.6 Å². The van der Waals surface area contributed by atoms with Crippen LogP contribution in [0.1, 0.15) is 18.4 Å². The zero-order chi connectivity index (χ0) is 13.9. The van der Waals surface area contributed by atoms with E-state index < -0.39 is 19.0 Å². The van der Waals surface area contributed by atoms with E-state index in [0.717, 1.165) is 5.56 Å². The van der Waals surface area contributed by atoms with E-state index in [1.165, 1.54) is 0 Å². The molecule has 19 heavy (non-hydrogen) atoms. The van der Waals surface area contributed by atoms with Crippen LogP contribution in [-0.4, -0.2) is 25.0 Å². The first-order chi connectivity index (χ1) is 8.94. The summed E-state index contributed by atoms with van der Waals surface area (Å²) in [5.74, 6) is -2.18. The second kappa shape index (κ2) is 5.77. The second-order valence-corrected chi connectivity index (χ2v) is 4.69. The molecule has 0 spiro atoms. The number of rotatable bonds is 6. The molecule has 1 N–H and O–H groups in total. The van der Waals surface area contributed by atoms with E-state index in [9.17, 15) is 17.6 Å². The molecule has 106 valence electrons. The van der Waals surface area contributed by atoms with Gasteiger partial charge in [-0.3, -0.25) is 0 Å². The summed E-state index contributed by atoms with van der Waals surface area (Å²) in [4.78, 5) is 0. The van der Waals surface area contributed by atoms with Crippen LogP contribution in [0.4, 0.5) is 17.6 Å². The van der Waals surface area contributed by atoms with Crippen LogP contribution in [0.5, 0.6) is 5.75 Å². The Labute approximate surface area is 108 Å². The number of hydrogen-bond donors (Lipinski definition) is 1. The maximum atomic E-state index is 12.6. The smallest absolute Gasteiger partial charge is 0.272 e. The standard InChI is InChI=1S/C13H15F4NO/c14-12(15)8-19-11-3-1-2-9(4-11)7-18-10-5-13(16,17)6-10/h1-4,10,12,18H,5-8H2. The van der Waals surface area contributed by atoms with Gasteiger partial charge in [0.25, 0.3) is 12.3 Å². The Morgan fingerprint density at radius 2 is 2.05 bits per heavy atom. The molecule has 0 atom stereocenters. The Morgan fingerprint density at radius 1 is 1.32 bits per heavy atom. The molecule has 1 aliphatic rings. The number of alkyl halides is 4. The third kappa shape index (κ3) is 4.38. The fourth-order valence-electron chi connectivity index (χ4n) is 1.97. The molecule has 1 fully saturated rings. The van der Waals surface area contributed by atoms with Crippen molar-refractivity contribution in [1.82, 2.24) is 5.32 Å². The molecule has 1 saturated carbocycles. The summed E-state index contributed by atoms with van der Waals surface area (Å²) in [6, 6.07) is 6.52. The van der Waals surface area contributed by atoms with Gasteiger partial charge >= 0.3 is 0 Å². The summed E-state index contributed by atoms with van der Waals surface area (Å²) in [6.45, 7) is -0.224. The van der Waals surface area contributed by atoms with Crippen LogP contribution in [0, 0.1) is 0 Å². The zero-order valence-corrected chi connectivity index (χ0v) is 10.2. The van der Waals surface area contributed by atoms with Crippen molar-refractivity contribution >= 4 is 0 Å². The second-order valence-electron chi connectivity index (χ2n) is 4.69. The van der Waals surface area contributed by atoms with Crippen LogP contribution in [0.2, 0.25) is 0 Å². The largest absolute Gasteiger partial charge is 0.488 e. The molecule has 0 saturated heterocycles. The van der Waals surface area contributed by atoms with Crippen LogP contribution >= 0.6 is 0 Å². The third-order valence-electron chi connectivity index (χ3n) is 2.96. The number of nitrogens with one attached hydrogen (secondary N) is 1. The summed E-state index contributed by atoms with van der Waals surface area (Å²) >= 11 is 0. The third-order valence-corrected chi connectivity index (χ3v) is 2.96. The molecule has 0 unspecified atom stereocenters. The average Bonchev–Trinajstić information content (AvgIpc) is 2.32. The Morgan fingerprint density at radius 3 is 2.68 bits per heavy atom. The Kier molecular flexibility index (Phi) is 4.29. The first-order valence-electron chi connectivity index (χ1n) is 6.06. The van der Waals surface area contributed by atoms with Gasteiger partial charge in [0.15, 0.2) is 0 Å². The van der Waals surface area contributed by atoms with Crippen molar-refractivity contribution in [3.8, 4) is 5.75 Å². The molecule has 6 heteroatoms. The lowest BCUT2D eigenvalue weighted by molar-refractivity contribution is -0.0930. The van der Waals surface area contributed by atoms with Gasteiger partial charge in [0.05, 0.1) is 0 Å². The topological polar surface area (TPSA) is 21.3 Å². The van der Waals surface area contributed by atoms with Crippen molar-refractivity contribution in [2.45, 2.75) is 37.8 Å². The normalized spacial score (nSPS) is 18.4. The van der Waals surface area contributed by atoms with Crippen molar-refractivity contribution < 1.29 is 22.3 Å². The quantitative estimate of drug-likeness (QED) is 0.806. The van der Waals surface area contributed by atoms with Crippen molar-refractivity contribution in [2.75, 3.05) is 6.61 Å². The molecule has 2 nitrogen and oxygen atoms in total. The van der Waals surface area contributed by atoms with E-state index in [2.05, 4.69) is 5.32 Å². The highest BCUT2D eigenvalue weighted by Gasteiger charge is 2.44. The molecule has 1 aromatic rings. The number of benzene rings is 1. The Bertz CT molecular complexity index is 417. The highest BCUT2D eigenvalue weighted by molar-refractivity contribution is 5.28. The van der Waals surface area contributed by atoms with Crippen LogP contribution < -0.4 is 10.1 Å². The molecule has 0 radical (unpaired) electrons. The van der Waals surface area contributed by atoms with Crippen LogP contribution in [0.25, 0.3) is 0 Å². The van der Waals surface area contributed by atoms with E-state index >= 15 is 0 Å². The maximum absolute atomic E-state index is 12.6. The van der Waals surface area contributed by atoms with Crippen LogP contribution in [-0.2, 0) is 6.54 Å². The molecule has 0 heterocycles. The van der Waals surface area contributed by atoms with Gasteiger partial charge in [-0.05, 0) is 17.7 Å². The Balaban J connectivity index is 1.79. The number of hydrogen-bond acceptors (Lipinski definition) is 2. The first kappa shape index (κ1) is 14.1.